The van der Waals surface area contributed by atoms with Crippen LogP contribution in [0.2, 0.25) is 0 Å². The van der Waals surface area contributed by atoms with Gasteiger partial charge < -0.3 is 5.32 Å². The molecule has 1 unspecified atom stereocenters. The zero-order valence-corrected chi connectivity index (χ0v) is 10.6. The van der Waals surface area contributed by atoms with Gasteiger partial charge in [0.2, 0.25) is 0 Å². The summed E-state index contributed by atoms with van der Waals surface area (Å²) in [6.45, 7) is 6.25. The summed E-state index contributed by atoms with van der Waals surface area (Å²) in [6, 6.07) is 3.64. The molecule has 1 atom stereocenters. The molecule has 0 spiro atoms. The Morgan fingerprint density at radius 1 is 1.50 bits per heavy atom. The van der Waals surface area contributed by atoms with Gasteiger partial charge in [-0.25, -0.2) is 0 Å². The van der Waals surface area contributed by atoms with E-state index in [9.17, 15) is 4.79 Å². The van der Waals surface area contributed by atoms with Gasteiger partial charge in [-0.15, -0.1) is 11.6 Å². The topological polar surface area (TPSA) is 42.0 Å². The van der Waals surface area contributed by atoms with E-state index >= 15 is 0 Å². The number of hydrogen-bond donors (Lipinski definition) is 1. The van der Waals surface area contributed by atoms with E-state index in [-0.39, 0.29) is 11.3 Å². The molecule has 1 aromatic heterocycles. The third kappa shape index (κ3) is 3.81. The highest BCUT2D eigenvalue weighted by Crippen LogP contribution is 2.06. The molecule has 0 saturated heterocycles. The van der Waals surface area contributed by atoms with Crippen LogP contribution >= 0.6 is 11.6 Å². The van der Waals surface area contributed by atoms with E-state index < -0.39 is 0 Å². The number of carbonyl (C=O) groups is 1. The Kier molecular flexibility index (Phi) is 4.74. The van der Waals surface area contributed by atoms with E-state index in [4.69, 9.17) is 11.6 Å². The molecule has 16 heavy (non-hydrogen) atoms. The van der Waals surface area contributed by atoms with Crippen LogP contribution in [0.3, 0.4) is 0 Å². The lowest BCUT2D eigenvalue weighted by molar-refractivity contribution is 0.0952. The van der Waals surface area contributed by atoms with Gasteiger partial charge in [0.25, 0.3) is 5.91 Å². The van der Waals surface area contributed by atoms with Crippen LogP contribution in [0.5, 0.6) is 0 Å². The van der Waals surface area contributed by atoms with Gasteiger partial charge >= 0.3 is 0 Å². The Balaban J connectivity index is 2.59. The number of nitrogens with zero attached hydrogens (tertiary/aromatic N) is 1. The van der Waals surface area contributed by atoms with Gasteiger partial charge in [-0.05, 0) is 39.3 Å². The molecule has 0 aromatic carbocycles. The fourth-order valence-corrected chi connectivity index (χ4v) is 1.52. The second-order valence-corrected chi connectivity index (χ2v) is 4.66. The third-order valence-electron chi connectivity index (χ3n) is 2.30. The average Bonchev–Trinajstić information content (AvgIpc) is 2.16. The molecule has 0 saturated carbocycles. The van der Waals surface area contributed by atoms with Crippen molar-refractivity contribution >= 4 is 17.5 Å². The lowest BCUT2D eigenvalue weighted by atomic mass is 10.1. The van der Waals surface area contributed by atoms with E-state index in [0.717, 1.165) is 17.8 Å². The van der Waals surface area contributed by atoms with Gasteiger partial charge in [-0.3, -0.25) is 9.78 Å². The molecule has 1 heterocycles. The van der Waals surface area contributed by atoms with Crippen LogP contribution in [0.15, 0.2) is 12.1 Å². The SMILES string of the molecule is Cc1ccc(C(=O)NCCC(C)Cl)c(C)n1. The minimum absolute atomic E-state index is 0.0811. The molecule has 4 heteroatoms. The van der Waals surface area contributed by atoms with Gasteiger partial charge in [0.1, 0.15) is 0 Å². The smallest absolute Gasteiger partial charge is 0.253 e. The van der Waals surface area contributed by atoms with Crippen molar-refractivity contribution < 1.29 is 4.79 Å². The van der Waals surface area contributed by atoms with E-state index in [1.165, 1.54) is 0 Å². The number of hydrogen-bond acceptors (Lipinski definition) is 2. The number of aryl methyl sites for hydroxylation is 2. The number of rotatable bonds is 4. The summed E-state index contributed by atoms with van der Waals surface area (Å²) >= 11 is 5.80. The van der Waals surface area contributed by atoms with E-state index in [1.807, 2.05) is 26.8 Å². The fraction of sp³-hybridized carbons (Fsp3) is 0.500. The lowest BCUT2D eigenvalue weighted by Crippen LogP contribution is -2.26. The molecule has 1 rings (SSSR count). The second-order valence-electron chi connectivity index (χ2n) is 3.91. The molecule has 88 valence electrons. The lowest BCUT2D eigenvalue weighted by Gasteiger charge is -2.08. The van der Waals surface area contributed by atoms with Crippen molar-refractivity contribution in [2.45, 2.75) is 32.6 Å². The van der Waals surface area contributed by atoms with Crippen LogP contribution in [-0.2, 0) is 0 Å². The van der Waals surface area contributed by atoms with Crippen LogP contribution in [0.1, 0.15) is 35.1 Å². The number of halogens is 1. The molecule has 0 aliphatic heterocycles. The minimum Gasteiger partial charge on any atom is -0.352 e. The van der Waals surface area contributed by atoms with E-state index in [1.54, 1.807) is 6.07 Å². The van der Waals surface area contributed by atoms with Gasteiger partial charge in [-0.2, -0.15) is 0 Å². The molecule has 0 aliphatic rings. The number of carbonyl (C=O) groups excluding carboxylic acids is 1. The molecule has 1 N–H and O–H groups in total. The largest absolute Gasteiger partial charge is 0.352 e. The van der Waals surface area contributed by atoms with E-state index in [0.29, 0.717) is 12.1 Å². The predicted octanol–water partition coefficient (Wildman–Crippen LogP) is 2.45. The maximum Gasteiger partial charge on any atom is 0.253 e. The zero-order chi connectivity index (χ0) is 12.1. The number of nitrogens with one attached hydrogen (secondary N) is 1. The molecule has 0 aliphatic carbocycles. The van der Waals surface area contributed by atoms with Gasteiger partial charge in [-0.1, -0.05) is 0 Å². The summed E-state index contributed by atoms with van der Waals surface area (Å²) < 4.78 is 0. The summed E-state index contributed by atoms with van der Waals surface area (Å²) in [5, 5.41) is 2.91. The summed E-state index contributed by atoms with van der Waals surface area (Å²) in [5.74, 6) is -0.0812. The maximum absolute atomic E-state index is 11.8. The monoisotopic (exact) mass is 240 g/mol. The Morgan fingerprint density at radius 2 is 2.19 bits per heavy atom. The highest BCUT2D eigenvalue weighted by atomic mass is 35.5. The molecule has 0 fully saturated rings. The number of aromatic nitrogens is 1. The first-order valence-electron chi connectivity index (χ1n) is 5.37. The van der Waals surface area contributed by atoms with Crippen molar-refractivity contribution in [1.82, 2.24) is 10.3 Å². The van der Waals surface area contributed by atoms with Crippen LogP contribution in [-0.4, -0.2) is 22.8 Å². The highest BCUT2D eigenvalue weighted by Gasteiger charge is 2.09. The van der Waals surface area contributed by atoms with Crippen LogP contribution < -0.4 is 5.32 Å². The third-order valence-corrected chi connectivity index (χ3v) is 2.52. The molecule has 1 aromatic rings. The van der Waals surface area contributed by atoms with Crippen molar-refractivity contribution in [2.24, 2.45) is 0 Å². The van der Waals surface area contributed by atoms with Crippen LogP contribution in [0, 0.1) is 13.8 Å². The number of amides is 1. The van der Waals surface area contributed by atoms with Crippen molar-refractivity contribution in [3.63, 3.8) is 0 Å². The molecule has 0 radical (unpaired) electrons. The predicted molar refractivity (Wildman–Crippen MR) is 66.0 cm³/mol. The van der Waals surface area contributed by atoms with Gasteiger partial charge in [0, 0.05) is 17.6 Å². The standard InChI is InChI=1S/C12H17ClN2O/c1-8(13)6-7-14-12(16)11-5-4-9(2)15-10(11)3/h4-5,8H,6-7H2,1-3H3,(H,14,16). The Hall–Kier alpha value is -1.09. The Labute approximate surface area is 101 Å². The van der Waals surface area contributed by atoms with Gasteiger partial charge in [0.15, 0.2) is 0 Å². The maximum atomic E-state index is 11.8. The first-order valence-corrected chi connectivity index (χ1v) is 5.81. The van der Waals surface area contributed by atoms with Gasteiger partial charge in [0.05, 0.1) is 11.3 Å². The number of alkyl halides is 1. The minimum atomic E-state index is -0.0812. The van der Waals surface area contributed by atoms with Crippen molar-refractivity contribution in [3.8, 4) is 0 Å². The summed E-state index contributed by atoms with van der Waals surface area (Å²) in [5.41, 5.74) is 2.31. The molecular weight excluding hydrogens is 224 g/mol. The molecule has 0 bridgehead atoms. The number of pyridine rings is 1. The second kappa shape index (κ2) is 5.85. The summed E-state index contributed by atoms with van der Waals surface area (Å²) in [7, 11) is 0. The summed E-state index contributed by atoms with van der Waals surface area (Å²) in [4.78, 5) is 16.0. The average molecular weight is 241 g/mol. The van der Waals surface area contributed by atoms with Crippen molar-refractivity contribution in [3.05, 3.63) is 29.1 Å². The molecular formula is C12H17ClN2O. The molecule has 1 amide bonds. The quantitative estimate of drug-likeness (QED) is 0.822. The fourth-order valence-electron chi connectivity index (χ4n) is 1.41. The zero-order valence-electron chi connectivity index (χ0n) is 9.88. The first-order chi connectivity index (χ1) is 7.50. The van der Waals surface area contributed by atoms with Crippen molar-refractivity contribution in [1.29, 1.82) is 0 Å². The highest BCUT2D eigenvalue weighted by molar-refractivity contribution is 6.20. The van der Waals surface area contributed by atoms with E-state index in [2.05, 4.69) is 10.3 Å². The Morgan fingerprint density at radius 3 is 2.75 bits per heavy atom. The van der Waals surface area contributed by atoms with Crippen LogP contribution in [0.4, 0.5) is 0 Å². The summed E-state index contributed by atoms with van der Waals surface area (Å²) in [6.07, 6.45) is 0.769. The molecule has 3 nitrogen and oxygen atoms in total. The normalized spacial score (nSPS) is 12.2. The Bertz CT molecular complexity index is 377. The van der Waals surface area contributed by atoms with Crippen LogP contribution in [0.25, 0.3) is 0 Å². The first kappa shape index (κ1) is 13.0. The van der Waals surface area contributed by atoms with Crippen molar-refractivity contribution in [2.75, 3.05) is 6.54 Å².